The van der Waals surface area contributed by atoms with Crippen LogP contribution in [0.1, 0.15) is 19.3 Å². The van der Waals surface area contributed by atoms with Crippen molar-refractivity contribution in [1.82, 2.24) is 15.0 Å². The van der Waals surface area contributed by atoms with Gasteiger partial charge in [-0.05, 0) is 25.5 Å². The van der Waals surface area contributed by atoms with E-state index in [4.69, 9.17) is 5.84 Å². The summed E-state index contributed by atoms with van der Waals surface area (Å²) in [5.41, 5.74) is 2.48. The van der Waals surface area contributed by atoms with Crippen molar-refractivity contribution < 1.29 is 0 Å². The first kappa shape index (κ1) is 11.4. The van der Waals surface area contributed by atoms with Gasteiger partial charge in [0, 0.05) is 13.1 Å². The second-order valence-corrected chi connectivity index (χ2v) is 4.41. The second-order valence-electron chi connectivity index (χ2n) is 3.64. The van der Waals surface area contributed by atoms with Crippen molar-refractivity contribution in [3.63, 3.8) is 0 Å². The molecule has 2 heterocycles. The monoisotopic (exact) mass is 240 g/mol. The van der Waals surface area contributed by atoms with Crippen LogP contribution >= 0.6 is 11.8 Å². The quantitative estimate of drug-likeness (QED) is 0.461. The number of rotatable bonds is 3. The Morgan fingerprint density at radius 3 is 2.56 bits per heavy atom. The molecule has 0 atom stereocenters. The van der Waals surface area contributed by atoms with Crippen molar-refractivity contribution in [2.24, 2.45) is 5.84 Å². The lowest BCUT2D eigenvalue weighted by molar-refractivity contribution is 0.565. The minimum Gasteiger partial charge on any atom is -0.341 e. The van der Waals surface area contributed by atoms with Crippen LogP contribution in [0.2, 0.25) is 0 Å². The molecule has 88 valence electrons. The minimum absolute atomic E-state index is 0.430. The highest BCUT2D eigenvalue weighted by Gasteiger charge is 2.15. The smallest absolute Gasteiger partial charge is 0.242 e. The molecule has 1 fully saturated rings. The third-order valence-electron chi connectivity index (χ3n) is 2.55. The number of nitrogens with zero attached hydrogens (tertiary/aromatic N) is 4. The fourth-order valence-corrected chi connectivity index (χ4v) is 2.09. The molecule has 0 saturated carbocycles. The summed E-state index contributed by atoms with van der Waals surface area (Å²) in [6, 6.07) is 0. The van der Waals surface area contributed by atoms with Gasteiger partial charge in [-0.3, -0.25) is 5.43 Å². The zero-order valence-corrected chi connectivity index (χ0v) is 10.1. The molecular weight excluding hydrogens is 224 g/mol. The number of hydrogen-bond donors (Lipinski definition) is 2. The summed E-state index contributed by atoms with van der Waals surface area (Å²) in [4.78, 5) is 15.0. The van der Waals surface area contributed by atoms with Crippen molar-refractivity contribution in [3.8, 4) is 0 Å². The van der Waals surface area contributed by atoms with Crippen molar-refractivity contribution in [2.75, 3.05) is 29.7 Å². The Bertz CT molecular complexity index is 330. The Kier molecular flexibility index (Phi) is 3.79. The first-order valence-corrected chi connectivity index (χ1v) is 6.57. The lowest BCUT2D eigenvalue weighted by atomic mass is 10.1. The van der Waals surface area contributed by atoms with E-state index in [0.717, 1.165) is 19.0 Å². The average molecular weight is 240 g/mol. The molecule has 0 spiro atoms. The summed E-state index contributed by atoms with van der Waals surface area (Å²) >= 11 is 1.49. The zero-order valence-electron chi connectivity index (χ0n) is 9.31. The van der Waals surface area contributed by atoms with Crippen LogP contribution in [0, 0.1) is 0 Å². The number of nitrogen functional groups attached to an aromatic ring is 1. The number of anilines is 2. The Morgan fingerprint density at radius 1 is 1.19 bits per heavy atom. The van der Waals surface area contributed by atoms with E-state index in [1.165, 1.54) is 31.0 Å². The number of aromatic nitrogens is 3. The fourth-order valence-electron chi connectivity index (χ4n) is 1.74. The van der Waals surface area contributed by atoms with Gasteiger partial charge in [0.25, 0.3) is 0 Å². The van der Waals surface area contributed by atoms with E-state index in [0.29, 0.717) is 11.1 Å². The topological polar surface area (TPSA) is 80.0 Å². The molecule has 0 unspecified atom stereocenters. The summed E-state index contributed by atoms with van der Waals surface area (Å²) in [5.74, 6) is 6.50. The first-order valence-electron chi connectivity index (χ1n) is 5.35. The van der Waals surface area contributed by atoms with Crippen LogP contribution in [0.25, 0.3) is 0 Å². The van der Waals surface area contributed by atoms with Gasteiger partial charge in [-0.2, -0.15) is 15.0 Å². The maximum absolute atomic E-state index is 5.34. The van der Waals surface area contributed by atoms with Crippen LogP contribution in [-0.2, 0) is 0 Å². The SMILES string of the molecule is CSc1nc(NN)nc(N2CCCCC2)n1. The predicted octanol–water partition coefficient (Wildman–Crippen LogP) is 0.869. The van der Waals surface area contributed by atoms with Crippen LogP contribution in [0.3, 0.4) is 0 Å². The van der Waals surface area contributed by atoms with Gasteiger partial charge in [-0.1, -0.05) is 11.8 Å². The zero-order chi connectivity index (χ0) is 11.4. The second kappa shape index (κ2) is 5.31. The number of nitrogens with one attached hydrogen (secondary N) is 1. The molecule has 0 aromatic carbocycles. The van der Waals surface area contributed by atoms with Crippen molar-refractivity contribution >= 4 is 23.7 Å². The summed E-state index contributed by atoms with van der Waals surface area (Å²) in [5, 5.41) is 0.698. The highest BCUT2D eigenvalue weighted by atomic mass is 32.2. The number of thioether (sulfide) groups is 1. The normalized spacial score (nSPS) is 16.2. The number of piperidine rings is 1. The summed E-state index contributed by atoms with van der Waals surface area (Å²) in [6.07, 6.45) is 5.63. The van der Waals surface area contributed by atoms with Gasteiger partial charge < -0.3 is 4.90 Å². The molecule has 0 aliphatic carbocycles. The number of nitrogens with two attached hydrogens (primary N) is 1. The number of hydrazine groups is 1. The lowest BCUT2D eigenvalue weighted by Crippen LogP contribution is -2.31. The molecule has 1 aromatic heterocycles. The number of hydrogen-bond acceptors (Lipinski definition) is 7. The van der Waals surface area contributed by atoms with Gasteiger partial charge in [-0.25, -0.2) is 5.84 Å². The van der Waals surface area contributed by atoms with E-state index in [9.17, 15) is 0 Å². The molecule has 1 aliphatic rings. The first-order chi connectivity index (χ1) is 7.83. The van der Waals surface area contributed by atoms with E-state index < -0.39 is 0 Å². The largest absolute Gasteiger partial charge is 0.341 e. The maximum Gasteiger partial charge on any atom is 0.242 e. The van der Waals surface area contributed by atoms with E-state index in [1.54, 1.807) is 0 Å². The maximum atomic E-state index is 5.34. The van der Waals surface area contributed by atoms with Gasteiger partial charge >= 0.3 is 0 Å². The van der Waals surface area contributed by atoms with Gasteiger partial charge in [0.2, 0.25) is 11.9 Å². The molecule has 0 radical (unpaired) electrons. The third kappa shape index (κ3) is 2.53. The lowest BCUT2D eigenvalue weighted by Gasteiger charge is -2.26. The molecule has 1 aromatic rings. The summed E-state index contributed by atoms with van der Waals surface area (Å²) < 4.78 is 0. The summed E-state index contributed by atoms with van der Waals surface area (Å²) in [7, 11) is 0. The van der Waals surface area contributed by atoms with Crippen molar-refractivity contribution in [2.45, 2.75) is 24.4 Å². The molecular formula is C9H16N6S. The minimum atomic E-state index is 0.430. The van der Waals surface area contributed by atoms with E-state index in [1.807, 2.05) is 6.26 Å². The summed E-state index contributed by atoms with van der Waals surface area (Å²) in [6.45, 7) is 2.03. The Morgan fingerprint density at radius 2 is 1.94 bits per heavy atom. The van der Waals surface area contributed by atoms with Gasteiger partial charge in [0.1, 0.15) is 0 Å². The molecule has 2 rings (SSSR count). The molecule has 3 N–H and O–H groups in total. The third-order valence-corrected chi connectivity index (χ3v) is 3.10. The Hall–Kier alpha value is -1.08. The Labute approximate surface area is 99.0 Å². The van der Waals surface area contributed by atoms with E-state index in [-0.39, 0.29) is 0 Å². The van der Waals surface area contributed by atoms with Crippen molar-refractivity contribution in [3.05, 3.63) is 0 Å². The van der Waals surface area contributed by atoms with E-state index >= 15 is 0 Å². The van der Waals surface area contributed by atoms with E-state index in [2.05, 4.69) is 25.3 Å². The Balaban J connectivity index is 2.24. The molecule has 6 nitrogen and oxygen atoms in total. The van der Waals surface area contributed by atoms with Gasteiger partial charge in [0.05, 0.1) is 0 Å². The molecule has 0 bridgehead atoms. The highest BCUT2D eigenvalue weighted by molar-refractivity contribution is 7.98. The highest BCUT2D eigenvalue weighted by Crippen LogP contribution is 2.19. The average Bonchev–Trinajstić information content (AvgIpc) is 2.39. The predicted molar refractivity (Wildman–Crippen MR) is 65.5 cm³/mol. The molecule has 16 heavy (non-hydrogen) atoms. The molecule has 1 aliphatic heterocycles. The van der Waals surface area contributed by atoms with Crippen LogP contribution in [0.5, 0.6) is 0 Å². The molecule has 1 saturated heterocycles. The standard InChI is InChI=1S/C9H16N6S/c1-16-9-12-7(14-10)11-8(13-9)15-5-3-2-4-6-15/h2-6,10H2,1H3,(H,11,12,13,14). The van der Waals surface area contributed by atoms with Crippen molar-refractivity contribution in [1.29, 1.82) is 0 Å². The fraction of sp³-hybridized carbons (Fsp3) is 0.667. The van der Waals surface area contributed by atoms with Gasteiger partial charge in [-0.15, -0.1) is 0 Å². The van der Waals surface area contributed by atoms with Crippen LogP contribution in [-0.4, -0.2) is 34.3 Å². The van der Waals surface area contributed by atoms with Crippen LogP contribution in [0.4, 0.5) is 11.9 Å². The van der Waals surface area contributed by atoms with Crippen LogP contribution < -0.4 is 16.2 Å². The van der Waals surface area contributed by atoms with Crippen LogP contribution in [0.15, 0.2) is 5.16 Å². The molecule has 0 amide bonds. The van der Waals surface area contributed by atoms with Gasteiger partial charge in [0.15, 0.2) is 5.16 Å². The molecule has 7 heteroatoms.